The van der Waals surface area contributed by atoms with E-state index in [1.807, 2.05) is 36.1 Å². The van der Waals surface area contributed by atoms with E-state index in [0.717, 1.165) is 16.6 Å². The number of fused-ring (bicyclic) bond motifs is 1. The molecule has 1 fully saturated rings. The van der Waals surface area contributed by atoms with Gasteiger partial charge in [0.05, 0.1) is 5.56 Å². The third-order valence-corrected chi connectivity index (χ3v) is 7.89. The number of nitrogens with one attached hydrogen (secondary N) is 2. The van der Waals surface area contributed by atoms with Crippen molar-refractivity contribution >= 4 is 38.2 Å². The van der Waals surface area contributed by atoms with E-state index in [1.54, 1.807) is 17.5 Å². The lowest BCUT2D eigenvalue weighted by Gasteiger charge is -2.32. The van der Waals surface area contributed by atoms with Crippen LogP contribution in [0, 0.1) is 6.92 Å². The van der Waals surface area contributed by atoms with Crippen LogP contribution in [0.4, 0.5) is 0 Å². The van der Waals surface area contributed by atoms with Crippen molar-refractivity contribution < 1.29 is 13.2 Å². The van der Waals surface area contributed by atoms with Crippen molar-refractivity contribution in [2.45, 2.75) is 30.0 Å². The second-order valence-electron chi connectivity index (χ2n) is 6.79. The lowest BCUT2D eigenvalue weighted by Crippen LogP contribution is -2.46. The van der Waals surface area contributed by atoms with Gasteiger partial charge in [-0.1, -0.05) is 24.3 Å². The molecule has 27 heavy (non-hydrogen) atoms. The zero-order valence-electron chi connectivity index (χ0n) is 14.9. The summed E-state index contributed by atoms with van der Waals surface area (Å²) < 4.78 is 27.8. The van der Waals surface area contributed by atoms with Crippen LogP contribution in [-0.2, 0) is 10.0 Å². The van der Waals surface area contributed by atoms with Crippen molar-refractivity contribution in [1.82, 2.24) is 14.6 Å². The van der Waals surface area contributed by atoms with Gasteiger partial charge in [0.2, 0.25) is 10.0 Å². The Kier molecular flexibility index (Phi) is 4.79. The van der Waals surface area contributed by atoms with E-state index in [2.05, 4.69) is 9.71 Å². The quantitative estimate of drug-likeness (QED) is 0.702. The van der Waals surface area contributed by atoms with Crippen LogP contribution in [0.15, 0.2) is 46.0 Å². The van der Waals surface area contributed by atoms with Crippen LogP contribution in [0.1, 0.15) is 28.9 Å². The van der Waals surface area contributed by atoms with E-state index in [1.165, 1.54) is 11.3 Å². The predicted octanol–water partition coefficient (Wildman–Crippen LogP) is 3.12. The zero-order valence-corrected chi connectivity index (χ0v) is 16.6. The predicted molar refractivity (Wildman–Crippen MR) is 107 cm³/mol. The Morgan fingerprint density at radius 1 is 1.19 bits per heavy atom. The molecule has 0 aliphatic carbocycles. The second kappa shape index (κ2) is 7.10. The van der Waals surface area contributed by atoms with Crippen molar-refractivity contribution in [2.75, 3.05) is 13.1 Å². The van der Waals surface area contributed by atoms with Crippen LogP contribution >= 0.6 is 11.3 Å². The molecule has 0 spiro atoms. The molecule has 142 valence electrons. The number of amides is 1. The number of aromatic amines is 1. The first-order chi connectivity index (χ1) is 13.0. The molecule has 0 saturated carbocycles. The van der Waals surface area contributed by atoms with E-state index >= 15 is 0 Å². The van der Waals surface area contributed by atoms with E-state index in [-0.39, 0.29) is 11.9 Å². The first kappa shape index (κ1) is 18.2. The van der Waals surface area contributed by atoms with Crippen molar-refractivity contribution in [1.29, 1.82) is 0 Å². The van der Waals surface area contributed by atoms with Crippen molar-refractivity contribution in [3.05, 3.63) is 53.0 Å². The fourth-order valence-electron chi connectivity index (χ4n) is 3.60. The molecule has 0 unspecified atom stereocenters. The average molecular weight is 404 g/mol. The molecular formula is C19H21N3O3S2. The summed E-state index contributed by atoms with van der Waals surface area (Å²) in [4.78, 5) is 18.1. The number of piperidine rings is 1. The van der Waals surface area contributed by atoms with Gasteiger partial charge in [-0.2, -0.15) is 0 Å². The molecule has 6 nitrogen and oxygen atoms in total. The lowest BCUT2D eigenvalue weighted by molar-refractivity contribution is 0.0712. The van der Waals surface area contributed by atoms with E-state index in [9.17, 15) is 13.2 Å². The van der Waals surface area contributed by atoms with E-state index < -0.39 is 10.0 Å². The summed E-state index contributed by atoms with van der Waals surface area (Å²) >= 11 is 1.21. The third kappa shape index (κ3) is 3.52. The number of H-pyrrole nitrogens is 1. The number of para-hydroxylation sites is 1. The molecule has 4 rings (SSSR count). The number of aromatic nitrogens is 1. The van der Waals surface area contributed by atoms with Crippen molar-refractivity contribution in [2.24, 2.45) is 0 Å². The van der Waals surface area contributed by atoms with Gasteiger partial charge >= 0.3 is 0 Å². The van der Waals surface area contributed by atoms with Gasteiger partial charge in [0.1, 0.15) is 4.21 Å². The largest absolute Gasteiger partial charge is 0.358 e. The van der Waals surface area contributed by atoms with Crippen LogP contribution in [-0.4, -0.2) is 43.3 Å². The highest BCUT2D eigenvalue weighted by molar-refractivity contribution is 7.91. The Morgan fingerprint density at radius 3 is 2.63 bits per heavy atom. The zero-order chi connectivity index (χ0) is 19.0. The van der Waals surface area contributed by atoms with Crippen molar-refractivity contribution in [3.63, 3.8) is 0 Å². The number of hydrogen-bond acceptors (Lipinski definition) is 4. The standard InChI is InChI=1S/C19H21N3O3S2/c1-13-18(15-5-2-3-6-16(15)20-13)19(23)22-10-8-14(9-11-22)21-27(24,25)17-7-4-12-26-17/h2-7,12,14,20-21H,8-11H2,1H3. The van der Waals surface area contributed by atoms with Crippen LogP contribution in [0.3, 0.4) is 0 Å². The minimum atomic E-state index is -3.47. The molecule has 0 bridgehead atoms. The van der Waals surface area contributed by atoms with Crippen molar-refractivity contribution in [3.8, 4) is 0 Å². The fourth-order valence-corrected chi connectivity index (χ4v) is 5.92. The smallest absolute Gasteiger partial charge is 0.256 e. The highest BCUT2D eigenvalue weighted by atomic mass is 32.2. The molecule has 1 aromatic carbocycles. The van der Waals surface area contributed by atoms with Crippen LogP contribution < -0.4 is 4.72 Å². The van der Waals surface area contributed by atoms with Crippen LogP contribution in [0.25, 0.3) is 10.9 Å². The molecule has 0 radical (unpaired) electrons. The van der Waals surface area contributed by atoms with Gasteiger partial charge in [0, 0.05) is 35.7 Å². The summed E-state index contributed by atoms with van der Waals surface area (Å²) in [6, 6.07) is 11.0. The number of aryl methyl sites for hydroxylation is 1. The van der Waals surface area contributed by atoms with Gasteiger partial charge in [0.25, 0.3) is 5.91 Å². The molecule has 1 amide bonds. The summed E-state index contributed by atoms with van der Waals surface area (Å²) in [5.74, 6) is 0.00418. The minimum absolute atomic E-state index is 0.00418. The normalized spacial score (nSPS) is 16.1. The molecule has 3 heterocycles. The van der Waals surface area contributed by atoms with Gasteiger partial charge in [-0.3, -0.25) is 4.79 Å². The highest BCUT2D eigenvalue weighted by Crippen LogP contribution is 2.25. The maximum absolute atomic E-state index is 13.0. The summed E-state index contributed by atoms with van der Waals surface area (Å²) in [6.07, 6.45) is 1.22. The molecule has 2 aromatic heterocycles. The minimum Gasteiger partial charge on any atom is -0.358 e. The van der Waals surface area contributed by atoms with Gasteiger partial charge in [-0.15, -0.1) is 11.3 Å². The van der Waals surface area contributed by atoms with Gasteiger partial charge in [0.15, 0.2) is 0 Å². The van der Waals surface area contributed by atoms with Crippen LogP contribution in [0.2, 0.25) is 0 Å². The molecule has 1 aliphatic rings. The molecule has 2 N–H and O–H groups in total. The summed E-state index contributed by atoms with van der Waals surface area (Å²) in [5.41, 5.74) is 2.53. The van der Waals surface area contributed by atoms with E-state index in [4.69, 9.17) is 0 Å². The molecular weight excluding hydrogens is 382 g/mol. The fraction of sp³-hybridized carbons (Fsp3) is 0.316. The molecule has 0 atom stereocenters. The monoisotopic (exact) mass is 403 g/mol. The average Bonchev–Trinajstić information content (AvgIpc) is 3.29. The Hall–Kier alpha value is -2.16. The molecule has 8 heteroatoms. The number of rotatable bonds is 4. The van der Waals surface area contributed by atoms with Gasteiger partial charge < -0.3 is 9.88 Å². The Labute approximate surface area is 162 Å². The van der Waals surface area contributed by atoms with Gasteiger partial charge in [-0.05, 0) is 37.3 Å². The Balaban J connectivity index is 1.45. The molecule has 1 aliphatic heterocycles. The number of benzene rings is 1. The topological polar surface area (TPSA) is 82.3 Å². The number of hydrogen-bond donors (Lipinski definition) is 2. The van der Waals surface area contributed by atoms with E-state index in [0.29, 0.717) is 35.7 Å². The SMILES string of the molecule is Cc1[nH]c2ccccc2c1C(=O)N1CCC(NS(=O)(=O)c2cccs2)CC1. The highest BCUT2D eigenvalue weighted by Gasteiger charge is 2.29. The van der Waals surface area contributed by atoms with Gasteiger partial charge in [-0.25, -0.2) is 13.1 Å². The Bertz CT molecular complexity index is 1060. The number of carbonyl (C=O) groups excluding carboxylic acids is 1. The Morgan fingerprint density at radius 2 is 1.93 bits per heavy atom. The summed E-state index contributed by atoms with van der Waals surface area (Å²) in [6.45, 7) is 2.99. The number of likely N-dealkylation sites (tertiary alicyclic amines) is 1. The molecule has 3 aromatic rings. The molecule has 1 saturated heterocycles. The first-order valence-corrected chi connectivity index (χ1v) is 11.2. The lowest BCUT2D eigenvalue weighted by atomic mass is 10.0. The summed E-state index contributed by atoms with van der Waals surface area (Å²) in [5, 5.41) is 2.68. The number of nitrogens with zero attached hydrogens (tertiary/aromatic N) is 1. The third-order valence-electron chi connectivity index (χ3n) is 4.97. The first-order valence-electron chi connectivity index (χ1n) is 8.88. The number of thiophene rings is 1. The maximum Gasteiger partial charge on any atom is 0.256 e. The number of sulfonamides is 1. The number of carbonyl (C=O) groups is 1. The summed E-state index contributed by atoms with van der Waals surface area (Å²) in [7, 11) is -3.47. The maximum atomic E-state index is 13.0. The second-order valence-corrected chi connectivity index (χ2v) is 9.68. The van der Waals surface area contributed by atoms with Crippen LogP contribution in [0.5, 0.6) is 0 Å².